The van der Waals surface area contributed by atoms with Crippen LogP contribution in [0.25, 0.3) is 10.9 Å². The summed E-state index contributed by atoms with van der Waals surface area (Å²) in [7, 11) is 0. The lowest BCUT2D eigenvalue weighted by atomic mass is 10.1. The average Bonchev–Trinajstić information content (AvgIpc) is 2.69. The zero-order valence-corrected chi connectivity index (χ0v) is 12.7. The molecule has 2 aromatic rings. The molecular weight excluding hydrogens is 270 g/mol. The third-order valence-electron chi connectivity index (χ3n) is 3.61. The van der Waals surface area contributed by atoms with E-state index in [9.17, 15) is 4.79 Å². The summed E-state index contributed by atoms with van der Waals surface area (Å²) in [6.45, 7) is 6.08. The van der Waals surface area contributed by atoms with Crippen molar-refractivity contribution >= 4 is 28.6 Å². The standard InChI is InChI=1S/C16H17NO2S/c1-9-5-4-6-12-10(2)7-14(17-15(9)12)20-13-8-11(3)19-16(13)18/h4-7,11,13H,8H2,1-3H3/t11-,13+/m0/s1. The van der Waals surface area contributed by atoms with Crippen LogP contribution in [-0.4, -0.2) is 22.3 Å². The molecule has 0 unspecified atom stereocenters. The Kier molecular flexibility index (Phi) is 3.42. The van der Waals surface area contributed by atoms with Gasteiger partial charge in [-0.3, -0.25) is 4.79 Å². The van der Waals surface area contributed by atoms with E-state index in [2.05, 4.69) is 38.1 Å². The molecule has 2 heterocycles. The second-order valence-corrected chi connectivity index (χ2v) is 6.56. The van der Waals surface area contributed by atoms with Gasteiger partial charge in [-0.1, -0.05) is 30.0 Å². The highest BCUT2D eigenvalue weighted by Gasteiger charge is 2.33. The van der Waals surface area contributed by atoms with Gasteiger partial charge in [0.2, 0.25) is 0 Å². The molecule has 1 aliphatic rings. The summed E-state index contributed by atoms with van der Waals surface area (Å²) in [5, 5.41) is 1.95. The van der Waals surface area contributed by atoms with Gasteiger partial charge in [0.05, 0.1) is 10.5 Å². The molecule has 1 aliphatic heterocycles. The smallest absolute Gasteiger partial charge is 0.319 e. The maximum absolute atomic E-state index is 11.7. The van der Waals surface area contributed by atoms with E-state index >= 15 is 0 Å². The van der Waals surface area contributed by atoms with Gasteiger partial charge in [0.1, 0.15) is 11.4 Å². The number of aryl methyl sites for hydroxylation is 2. The minimum atomic E-state index is -0.127. The van der Waals surface area contributed by atoms with Crippen molar-refractivity contribution in [2.75, 3.05) is 0 Å². The number of aromatic nitrogens is 1. The first kappa shape index (κ1) is 13.4. The molecule has 1 aromatic heterocycles. The van der Waals surface area contributed by atoms with Crippen LogP contribution in [0.1, 0.15) is 24.5 Å². The van der Waals surface area contributed by atoms with Crippen molar-refractivity contribution < 1.29 is 9.53 Å². The number of ether oxygens (including phenoxy) is 1. The van der Waals surface area contributed by atoms with Crippen molar-refractivity contribution in [3.63, 3.8) is 0 Å². The predicted molar refractivity (Wildman–Crippen MR) is 81.0 cm³/mol. The number of rotatable bonds is 2. The van der Waals surface area contributed by atoms with E-state index in [0.717, 1.165) is 22.5 Å². The van der Waals surface area contributed by atoms with Gasteiger partial charge in [-0.25, -0.2) is 4.98 Å². The number of thioether (sulfide) groups is 1. The van der Waals surface area contributed by atoms with Gasteiger partial charge in [-0.15, -0.1) is 0 Å². The number of esters is 1. The van der Waals surface area contributed by atoms with Gasteiger partial charge >= 0.3 is 5.97 Å². The monoisotopic (exact) mass is 287 g/mol. The maximum Gasteiger partial charge on any atom is 0.319 e. The summed E-state index contributed by atoms with van der Waals surface area (Å²) in [5.74, 6) is -0.119. The highest BCUT2D eigenvalue weighted by molar-refractivity contribution is 8.00. The Bertz CT molecular complexity index is 683. The third kappa shape index (κ3) is 2.40. The van der Waals surface area contributed by atoms with E-state index < -0.39 is 0 Å². The highest BCUT2D eigenvalue weighted by Crippen LogP contribution is 2.33. The maximum atomic E-state index is 11.7. The van der Waals surface area contributed by atoms with E-state index in [1.807, 2.05) is 6.92 Å². The van der Waals surface area contributed by atoms with Crippen LogP contribution in [0.15, 0.2) is 29.3 Å². The number of benzene rings is 1. The molecule has 0 aliphatic carbocycles. The van der Waals surface area contributed by atoms with Crippen molar-refractivity contribution in [3.05, 3.63) is 35.4 Å². The number of cyclic esters (lactones) is 1. The van der Waals surface area contributed by atoms with Crippen LogP contribution in [-0.2, 0) is 9.53 Å². The molecule has 0 N–H and O–H groups in total. The Morgan fingerprint density at radius 1 is 1.30 bits per heavy atom. The molecule has 3 rings (SSSR count). The van der Waals surface area contributed by atoms with E-state index in [1.165, 1.54) is 22.7 Å². The van der Waals surface area contributed by atoms with E-state index in [-0.39, 0.29) is 17.3 Å². The fourth-order valence-corrected chi connectivity index (χ4v) is 3.75. The van der Waals surface area contributed by atoms with Gasteiger partial charge in [-0.2, -0.15) is 0 Å². The highest BCUT2D eigenvalue weighted by atomic mass is 32.2. The quantitative estimate of drug-likeness (QED) is 0.790. The molecule has 20 heavy (non-hydrogen) atoms. The summed E-state index contributed by atoms with van der Waals surface area (Å²) in [4.78, 5) is 16.4. The van der Waals surface area contributed by atoms with Crippen molar-refractivity contribution in [1.82, 2.24) is 4.98 Å². The summed E-state index contributed by atoms with van der Waals surface area (Å²) >= 11 is 1.52. The SMILES string of the molecule is Cc1cc(S[C@@H]2C[C@H](C)OC2=O)nc2c(C)cccc12. The Labute approximate surface area is 122 Å². The number of para-hydroxylation sites is 1. The Morgan fingerprint density at radius 3 is 2.80 bits per heavy atom. The van der Waals surface area contributed by atoms with Crippen LogP contribution in [0, 0.1) is 13.8 Å². The minimum Gasteiger partial charge on any atom is -0.462 e. The predicted octanol–water partition coefficient (Wildman–Crippen LogP) is 3.65. The summed E-state index contributed by atoms with van der Waals surface area (Å²) in [5.41, 5.74) is 3.38. The first-order valence-electron chi connectivity index (χ1n) is 6.78. The van der Waals surface area contributed by atoms with Crippen LogP contribution >= 0.6 is 11.8 Å². The molecule has 0 saturated carbocycles. The summed E-state index contributed by atoms with van der Waals surface area (Å²) in [6, 6.07) is 8.26. The second kappa shape index (κ2) is 5.09. The zero-order valence-electron chi connectivity index (χ0n) is 11.8. The molecule has 1 saturated heterocycles. The molecule has 0 spiro atoms. The van der Waals surface area contributed by atoms with Crippen LogP contribution in [0.2, 0.25) is 0 Å². The Balaban J connectivity index is 1.97. The number of fused-ring (bicyclic) bond motifs is 1. The third-order valence-corrected chi connectivity index (χ3v) is 4.73. The molecule has 0 radical (unpaired) electrons. The number of hydrogen-bond donors (Lipinski definition) is 0. The van der Waals surface area contributed by atoms with Gasteiger partial charge in [-0.05, 0) is 38.0 Å². The summed E-state index contributed by atoms with van der Waals surface area (Å²) < 4.78 is 5.20. The van der Waals surface area contributed by atoms with Crippen LogP contribution in [0.3, 0.4) is 0 Å². The largest absolute Gasteiger partial charge is 0.462 e. The van der Waals surface area contributed by atoms with Crippen molar-refractivity contribution in [2.45, 2.75) is 43.6 Å². The Morgan fingerprint density at radius 2 is 2.10 bits per heavy atom. The van der Waals surface area contributed by atoms with Gasteiger partial charge in [0.25, 0.3) is 0 Å². The molecule has 0 amide bonds. The molecule has 3 nitrogen and oxygen atoms in total. The van der Waals surface area contributed by atoms with E-state index in [4.69, 9.17) is 9.72 Å². The lowest BCUT2D eigenvalue weighted by Crippen LogP contribution is -2.09. The van der Waals surface area contributed by atoms with Gasteiger partial charge in [0.15, 0.2) is 0 Å². The normalized spacial score (nSPS) is 22.2. The molecule has 0 bridgehead atoms. The van der Waals surface area contributed by atoms with E-state index in [0.29, 0.717) is 0 Å². The zero-order chi connectivity index (χ0) is 14.3. The molecule has 1 fully saturated rings. The topological polar surface area (TPSA) is 39.2 Å². The van der Waals surface area contributed by atoms with Crippen LogP contribution < -0.4 is 0 Å². The lowest BCUT2D eigenvalue weighted by Gasteiger charge is -2.09. The first-order chi connectivity index (χ1) is 9.54. The second-order valence-electron chi connectivity index (χ2n) is 5.34. The fourth-order valence-electron chi connectivity index (χ4n) is 2.55. The number of carbonyl (C=O) groups is 1. The fraction of sp³-hybridized carbons (Fsp3) is 0.375. The number of pyridine rings is 1. The minimum absolute atomic E-state index is 0.0169. The average molecular weight is 287 g/mol. The van der Waals surface area contributed by atoms with Crippen molar-refractivity contribution in [3.8, 4) is 0 Å². The van der Waals surface area contributed by atoms with Crippen LogP contribution in [0.5, 0.6) is 0 Å². The summed E-state index contributed by atoms with van der Waals surface area (Å²) in [6.07, 6.45) is 0.777. The van der Waals surface area contributed by atoms with Gasteiger partial charge in [0, 0.05) is 11.8 Å². The number of nitrogens with zero attached hydrogens (tertiary/aromatic N) is 1. The van der Waals surface area contributed by atoms with Gasteiger partial charge < -0.3 is 4.74 Å². The lowest BCUT2D eigenvalue weighted by molar-refractivity contribution is -0.140. The molecule has 104 valence electrons. The van der Waals surface area contributed by atoms with Crippen molar-refractivity contribution in [1.29, 1.82) is 0 Å². The van der Waals surface area contributed by atoms with Crippen LogP contribution in [0.4, 0.5) is 0 Å². The van der Waals surface area contributed by atoms with E-state index in [1.54, 1.807) is 0 Å². The molecule has 1 aromatic carbocycles. The number of hydrogen-bond acceptors (Lipinski definition) is 4. The first-order valence-corrected chi connectivity index (χ1v) is 7.66. The molecular formula is C16H17NO2S. The molecule has 4 heteroatoms. The molecule has 2 atom stereocenters. The van der Waals surface area contributed by atoms with Crippen molar-refractivity contribution in [2.24, 2.45) is 0 Å². The number of carbonyl (C=O) groups excluding carboxylic acids is 1. The Hall–Kier alpha value is -1.55.